The molecule has 0 amide bonds. The molecule has 1 unspecified atom stereocenters. The monoisotopic (exact) mass is 411 g/mol. The minimum atomic E-state index is -2.99. The smallest absolute Gasteiger partial charge is 0.149 e. The summed E-state index contributed by atoms with van der Waals surface area (Å²) in [6.07, 6.45) is 3.31. The Bertz CT molecular complexity index is 1150. The molecule has 1 aliphatic carbocycles. The van der Waals surface area contributed by atoms with Crippen molar-refractivity contribution in [2.24, 2.45) is 0 Å². The highest BCUT2D eigenvalue weighted by molar-refractivity contribution is 7.90. The van der Waals surface area contributed by atoms with Gasteiger partial charge in [0.05, 0.1) is 24.4 Å². The van der Waals surface area contributed by atoms with Gasteiger partial charge in [0.2, 0.25) is 0 Å². The lowest BCUT2D eigenvalue weighted by molar-refractivity contribution is 0.414. The van der Waals surface area contributed by atoms with Gasteiger partial charge in [-0.05, 0) is 60.4 Å². The van der Waals surface area contributed by atoms with E-state index in [0.29, 0.717) is 6.54 Å². The van der Waals surface area contributed by atoms with Gasteiger partial charge in [-0.15, -0.1) is 0 Å². The van der Waals surface area contributed by atoms with E-state index in [1.165, 1.54) is 17.4 Å². The first-order chi connectivity index (χ1) is 13.9. The number of sulfone groups is 1. The quantitative estimate of drug-likeness (QED) is 0.616. The molecule has 0 bridgehead atoms. The van der Waals surface area contributed by atoms with Crippen LogP contribution >= 0.6 is 0 Å². The number of nitrogens with zero attached hydrogens (tertiary/aromatic N) is 1. The predicted molar refractivity (Wildman–Crippen MR) is 118 cm³/mol. The summed E-state index contributed by atoms with van der Waals surface area (Å²) in [5.41, 5.74) is 4.37. The van der Waals surface area contributed by atoms with E-state index in [1.54, 1.807) is 7.11 Å². The third-order valence-electron chi connectivity index (χ3n) is 5.27. The number of fused-ring (bicyclic) bond motifs is 2. The molecule has 0 saturated heterocycles. The second kappa shape index (κ2) is 7.91. The van der Waals surface area contributed by atoms with Crippen LogP contribution in [0.4, 0.5) is 11.5 Å². The standard InChI is InChI=1S/C22H25N3O3S/c1-28-16-8-6-15-7-10-21(18(15)14-16)25-22-11-9-17-19(4-3-5-20(17)24-22)23-12-13-29(2,26)27/h3-6,8-9,11,14,21,23H,7,10,12-13H2,1-2H3,(H,24,25). The number of rotatable bonds is 7. The Kier molecular flexibility index (Phi) is 5.32. The average Bonchev–Trinajstić information content (AvgIpc) is 3.09. The van der Waals surface area contributed by atoms with Crippen LogP contribution < -0.4 is 15.4 Å². The highest BCUT2D eigenvalue weighted by Crippen LogP contribution is 2.36. The third-order valence-corrected chi connectivity index (χ3v) is 6.22. The highest BCUT2D eigenvalue weighted by Gasteiger charge is 2.23. The van der Waals surface area contributed by atoms with Gasteiger partial charge in [0.1, 0.15) is 21.4 Å². The number of benzene rings is 2. The molecule has 1 aromatic heterocycles. The fourth-order valence-electron chi connectivity index (χ4n) is 3.80. The number of aromatic nitrogens is 1. The first-order valence-corrected chi connectivity index (χ1v) is 11.7. The van der Waals surface area contributed by atoms with Gasteiger partial charge in [0.15, 0.2) is 0 Å². The second-order valence-corrected chi connectivity index (χ2v) is 9.69. The van der Waals surface area contributed by atoms with Crippen LogP contribution in [0, 0.1) is 0 Å². The molecule has 6 nitrogen and oxygen atoms in total. The van der Waals surface area contributed by atoms with Crippen molar-refractivity contribution in [3.63, 3.8) is 0 Å². The van der Waals surface area contributed by atoms with Crippen molar-refractivity contribution in [3.8, 4) is 5.75 Å². The lowest BCUT2D eigenvalue weighted by atomic mass is 10.1. The van der Waals surface area contributed by atoms with Crippen LogP contribution in [0.1, 0.15) is 23.6 Å². The number of hydrogen-bond acceptors (Lipinski definition) is 6. The summed E-state index contributed by atoms with van der Waals surface area (Å²) < 4.78 is 28.1. The van der Waals surface area contributed by atoms with Gasteiger partial charge < -0.3 is 15.4 Å². The lowest BCUT2D eigenvalue weighted by Gasteiger charge is -2.16. The maximum absolute atomic E-state index is 11.4. The zero-order valence-electron chi connectivity index (χ0n) is 16.6. The number of pyridine rings is 1. The van der Waals surface area contributed by atoms with E-state index in [-0.39, 0.29) is 11.8 Å². The zero-order chi connectivity index (χ0) is 20.4. The van der Waals surface area contributed by atoms with E-state index < -0.39 is 9.84 Å². The Balaban J connectivity index is 1.53. The largest absolute Gasteiger partial charge is 0.497 e. The maximum atomic E-state index is 11.4. The summed E-state index contributed by atoms with van der Waals surface area (Å²) >= 11 is 0. The molecule has 0 saturated carbocycles. The summed E-state index contributed by atoms with van der Waals surface area (Å²) in [5.74, 6) is 1.79. The van der Waals surface area contributed by atoms with Crippen molar-refractivity contribution in [1.82, 2.24) is 4.98 Å². The summed E-state index contributed by atoms with van der Waals surface area (Å²) in [5, 5.41) is 7.74. The molecule has 0 spiro atoms. The van der Waals surface area contributed by atoms with Crippen LogP contribution in [0.25, 0.3) is 10.9 Å². The first-order valence-electron chi connectivity index (χ1n) is 9.68. The third kappa shape index (κ3) is 4.45. The molecular formula is C22H25N3O3S. The second-order valence-electron chi connectivity index (χ2n) is 7.43. The number of nitrogens with one attached hydrogen (secondary N) is 2. The number of ether oxygens (including phenoxy) is 1. The fraction of sp³-hybridized carbons (Fsp3) is 0.318. The molecule has 1 atom stereocenters. The average molecular weight is 412 g/mol. The van der Waals surface area contributed by atoms with Crippen LogP contribution in [-0.2, 0) is 16.3 Å². The molecule has 0 radical (unpaired) electrons. The van der Waals surface area contributed by atoms with Crippen molar-refractivity contribution >= 4 is 32.2 Å². The molecule has 4 rings (SSSR count). The van der Waals surface area contributed by atoms with Gasteiger partial charge in [-0.2, -0.15) is 0 Å². The topological polar surface area (TPSA) is 80.3 Å². The van der Waals surface area contributed by atoms with Gasteiger partial charge in [-0.25, -0.2) is 13.4 Å². The number of hydrogen-bond donors (Lipinski definition) is 2. The Hall–Kier alpha value is -2.80. The summed E-state index contributed by atoms with van der Waals surface area (Å²) in [6.45, 7) is 0.374. The van der Waals surface area contributed by atoms with E-state index in [2.05, 4.69) is 22.8 Å². The van der Waals surface area contributed by atoms with Gasteiger partial charge >= 0.3 is 0 Å². The molecule has 2 N–H and O–H groups in total. The first kappa shape index (κ1) is 19.5. The lowest BCUT2D eigenvalue weighted by Crippen LogP contribution is -2.14. The van der Waals surface area contributed by atoms with Gasteiger partial charge in [0.25, 0.3) is 0 Å². The van der Waals surface area contributed by atoms with Gasteiger partial charge in [-0.1, -0.05) is 12.1 Å². The molecule has 152 valence electrons. The maximum Gasteiger partial charge on any atom is 0.149 e. The van der Waals surface area contributed by atoms with Gasteiger partial charge in [0, 0.05) is 23.9 Å². The van der Waals surface area contributed by atoms with Crippen molar-refractivity contribution in [1.29, 1.82) is 0 Å². The van der Waals surface area contributed by atoms with Crippen LogP contribution in [0.5, 0.6) is 5.75 Å². The molecular weight excluding hydrogens is 386 g/mol. The Morgan fingerprint density at radius 2 is 2.03 bits per heavy atom. The molecule has 0 aliphatic heterocycles. The SMILES string of the molecule is COc1ccc2c(c1)C(Nc1ccc3c(NCCS(C)(=O)=O)cccc3n1)CC2. The Morgan fingerprint density at radius 3 is 2.83 bits per heavy atom. The minimum absolute atomic E-state index is 0.0982. The van der Waals surface area contributed by atoms with Crippen molar-refractivity contribution in [2.75, 3.05) is 36.3 Å². The number of methoxy groups -OCH3 is 1. The summed E-state index contributed by atoms with van der Waals surface area (Å²) in [6, 6.07) is 16.3. The highest BCUT2D eigenvalue weighted by atomic mass is 32.2. The van der Waals surface area contributed by atoms with E-state index in [9.17, 15) is 8.42 Å². The summed E-state index contributed by atoms with van der Waals surface area (Å²) in [7, 11) is -1.31. The van der Waals surface area contributed by atoms with Crippen LogP contribution in [0.2, 0.25) is 0 Å². The van der Waals surface area contributed by atoms with E-state index in [0.717, 1.165) is 41.0 Å². The summed E-state index contributed by atoms with van der Waals surface area (Å²) in [4.78, 5) is 4.77. The molecule has 2 aromatic carbocycles. The molecule has 1 aliphatic rings. The Morgan fingerprint density at radius 1 is 1.17 bits per heavy atom. The van der Waals surface area contributed by atoms with E-state index >= 15 is 0 Å². The molecule has 3 aromatic rings. The normalized spacial score (nSPS) is 15.9. The molecule has 7 heteroatoms. The van der Waals surface area contributed by atoms with Crippen molar-refractivity contribution in [3.05, 3.63) is 59.7 Å². The van der Waals surface area contributed by atoms with Crippen LogP contribution in [0.15, 0.2) is 48.5 Å². The predicted octanol–water partition coefficient (Wildman–Crippen LogP) is 3.80. The van der Waals surface area contributed by atoms with Crippen molar-refractivity contribution in [2.45, 2.75) is 18.9 Å². The molecule has 1 heterocycles. The van der Waals surface area contributed by atoms with Crippen LogP contribution in [-0.4, -0.2) is 39.1 Å². The molecule has 29 heavy (non-hydrogen) atoms. The van der Waals surface area contributed by atoms with Gasteiger partial charge in [-0.3, -0.25) is 0 Å². The minimum Gasteiger partial charge on any atom is -0.497 e. The van der Waals surface area contributed by atoms with E-state index in [4.69, 9.17) is 9.72 Å². The number of aryl methyl sites for hydroxylation is 1. The Labute approximate surface area is 171 Å². The fourth-order valence-corrected chi connectivity index (χ4v) is 4.27. The zero-order valence-corrected chi connectivity index (χ0v) is 17.4. The van der Waals surface area contributed by atoms with E-state index in [1.807, 2.05) is 36.4 Å². The molecule has 0 fully saturated rings. The number of anilines is 2. The van der Waals surface area contributed by atoms with Crippen LogP contribution in [0.3, 0.4) is 0 Å². The van der Waals surface area contributed by atoms with Crippen molar-refractivity contribution < 1.29 is 13.2 Å².